The minimum Gasteiger partial charge on any atom is -0.322 e. The quantitative estimate of drug-likeness (QED) is 0.591. The highest BCUT2D eigenvalue weighted by atomic mass is 35.5. The molecule has 1 aromatic carbocycles. The fourth-order valence-corrected chi connectivity index (χ4v) is 2.76. The van der Waals surface area contributed by atoms with Crippen LogP contribution in [0.1, 0.15) is 27.2 Å². The Morgan fingerprint density at radius 3 is 2.62 bits per heavy atom. The number of aromatic nitrogens is 2. The van der Waals surface area contributed by atoms with E-state index >= 15 is 0 Å². The van der Waals surface area contributed by atoms with Crippen molar-refractivity contribution in [2.75, 3.05) is 5.32 Å². The Morgan fingerprint density at radius 1 is 1.17 bits per heavy atom. The highest BCUT2D eigenvalue weighted by molar-refractivity contribution is 6.30. The van der Waals surface area contributed by atoms with Crippen LogP contribution in [0.3, 0.4) is 0 Å². The summed E-state index contributed by atoms with van der Waals surface area (Å²) in [5.74, 6) is -0.709. The van der Waals surface area contributed by atoms with Gasteiger partial charge in [-0.2, -0.15) is 18.4 Å². The smallest absolute Gasteiger partial charge is 0.322 e. The van der Waals surface area contributed by atoms with E-state index in [-0.39, 0.29) is 16.3 Å². The molecule has 29 heavy (non-hydrogen) atoms. The summed E-state index contributed by atoms with van der Waals surface area (Å²) in [4.78, 5) is 19.6. The van der Waals surface area contributed by atoms with Crippen molar-refractivity contribution in [3.05, 3.63) is 76.3 Å². The Hall–Kier alpha value is -3.44. The van der Waals surface area contributed by atoms with Gasteiger partial charge in [-0.3, -0.25) is 9.78 Å². The minimum atomic E-state index is -4.65. The number of nitrogens with one attached hydrogen (secondary N) is 1. The summed E-state index contributed by atoms with van der Waals surface area (Å²) in [6.45, 7) is 1.83. The van der Waals surface area contributed by atoms with Crippen LogP contribution in [-0.2, 0) is 6.18 Å². The lowest BCUT2D eigenvalue weighted by Gasteiger charge is -2.12. The number of nitriles is 1. The molecule has 0 fully saturated rings. The molecule has 2 aromatic heterocycles. The molecule has 0 aliphatic carbocycles. The van der Waals surface area contributed by atoms with E-state index in [0.717, 1.165) is 11.8 Å². The second kappa shape index (κ2) is 7.89. The van der Waals surface area contributed by atoms with Crippen LogP contribution in [0, 0.1) is 18.3 Å². The van der Waals surface area contributed by atoms with Crippen molar-refractivity contribution in [1.29, 1.82) is 5.26 Å². The number of aryl methyl sites for hydroxylation is 1. The van der Waals surface area contributed by atoms with Crippen LogP contribution in [0.2, 0.25) is 5.15 Å². The molecule has 3 aromatic rings. The number of carbonyl (C=O) groups excluding carboxylic acids is 1. The van der Waals surface area contributed by atoms with Crippen LogP contribution in [0.25, 0.3) is 11.1 Å². The number of benzene rings is 1. The predicted molar refractivity (Wildman–Crippen MR) is 101 cm³/mol. The highest BCUT2D eigenvalue weighted by Crippen LogP contribution is 2.30. The summed E-state index contributed by atoms with van der Waals surface area (Å²) in [6, 6.07) is 10.4. The van der Waals surface area contributed by atoms with Gasteiger partial charge in [-0.1, -0.05) is 17.7 Å². The zero-order valence-electron chi connectivity index (χ0n) is 14.9. The molecule has 5 nitrogen and oxygen atoms in total. The molecule has 3 rings (SSSR count). The summed E-state index contributed by atoms with van der Waals surface area (Å²) < 4.78 is 38.4. The van der Waals surface area contributed by atoms with Crippen LogP contribution in [-0.4, -0.2) is 15.9 Å². The number of carbonyl (C=O) groups is 1. The number of halogens is 4. The van der Waals surface area contributed by atoms with Gasteiger partial charge in [0, 0.05) is 29.2 Å². The van der Waals surface area contributed by atoms with Gasteiger partial charge in [0.05, 0.1) is 5.56 Å². The third-order valence-electron chi connectivity index (χ3n) is 4.08. The topological polar surface area (TPSA) is 78.7 Å². The number of nitrogens with zero attached hydrogens (tertiary/aromatic N) is 3. The molecular formula is C20H12ClF3N4O. The van der Waals surface area contributed by atoms with Crippen LogP contribution in [0.5, 0.6) is 0 Å². The van der Waals surface area contributed by atoms with Crippen molar-refractivity contribution in [3.8, 4) is 17.2 Å². The summed E-state index contributed by atoms with van der Waals surface area (Å²) in [7, 11) is 0. The minimum absolute atomic E-state index is 0.0801. The largest absolute Gasteiger partial charge is 0.433 e. The van der Waals surface area contributed by atoms with Gasteiger partial charge in [0.25, 0.3) is 5.91 Å². The van der Waals surface area contributed by atoms with Gasteiger partial charge in [-0.05, 0) is 48.4 Å². The Kier molecular flexibility index (Phi) is 5.52. The van der Waals surface area contributed by atoms with Crippen LogP contribution < -0.4 is 5.32 Å². The van der Waals surface area contributed by atoms with Crippen molar-refractivity contribution in [2.24, 2.45) is 0 Å². The van der Waals surface area contributed by atoms with E-state index in [0.29, 0.717) is 22.9 Å². The molecule has 0 saturated heterocycles. The Balaban J connectivity index is 1.91. The Bertz CT molecular complexity index is 1140. The zero-order chi connectivity index (χ0) is 21.2. The SMILES string of the molecule is Cc1ccc(NC(=O)c2ccnc(C(F)(F)F)c2)cc1-c1cnc(Cl)c(C#N)c1. The fraction of sp³-hybridized carbons (Fsp3) is 0.100. The lowest BCUT2D eigenvalue weighted by molar-refractivity contribution is -0.141. The zero-order valence-corrected chi connectivity index (χ0v) is 15.6. The molecule has 1 N–H and O–H groups in total. The van der Waals surface area contributed by atoms with E-state index in [1.807, 2.05) is 13.0 Å². The summed E-state index contributed by atoms with van der Waals surface area (Å²) in [5, 5.41) is 11.8. The number of hydrogen-bond acceptors (Lipinski definition) is 4. The number of alkyl halides is 3. The Labute approximate surface area is 168 Å². The van der Waals surface area contributed by atoms with Crippen molar-refractivity contribution in [1.82, 2.24) is 9.97 Å². The number of rotatable bonds is 3. The molecule has 9 heteroatoms. The van der Waals surface area contributed by atoms with E-state index in [1.54, 1.807) is 24.3 Å². The third-order valence-corrected chi connectivity index (χ3v) is 4.38. The van der Waals surface area contributed by atoms with Gasteiger partial charge in [0.2, 0.25) is 0 Å². The van der Waals surface area contributed by atoms with Gasteiger partial charge in [-0.25, -0.2) is 4.98 Å². The second-order valence-electron chi connectivity index (χ2n) is 6.09. The first-order chi connectivity index (χ1) is 13.7. The summed E-state index contributed by atoms with van der Waals surface area (Å²) in [6.07, 6.45) is -2.22. The van der Waals surface area contributed by atoms with Gasteiger partial charge in [0.15, 0.2) is 0 Å². The number of anilines is 1. The monoisotopic (exact) mass is 416 g/mol. The van der Waals surface area contributed by atoms with E-state index in [4.69, 9.17) is 16.9 Å². The maximum Gasteiger partial charge on any atom is 0.433 e. The first kappa shape index (κ1) is 20.3. The molecule has 0 aliphatic heterocycles. The summed E-state index contributed by atoms with van der Waals surface area (Å²) >= 11 is 5.86. The van der Waals surface area contributed by atoms with Crippen molar-refractivity contribution >= 4 is 23.2 Å². The van der Waals surface area contributed by atoms with E-state index < -0.39 is 17.8 Å². The molecule has 0 atom stereocenters. The third kappa shape index (κ3) is 4.52. The first-order valence-electron chi connectivity index (χ1n) is 8.20. The molecule has 0 aliphatic rings. The van der Waals surface area contributed by atoms with Crippen LogP contribution in [0.15, 0.2) is 48.8 Å². The summed E-state index contributed by atoms with van der Waals surface area (Å²) in [5.41, 5.74) is 1.40. The standard InChI is InChI=1S/C20H12ClF3N4O/c1-11-2-3-15(8-16(11)14-6-13(9-25)18(21)27-10-14)28-19(29)12-4-5-26-17(7-12)20(22,23)24/h2-8,10H,1H3,(H,28,29). The van der Waals surface area contributed by atoms with Crippen molar-refractivity contribution < 1.29 is 18.0 Å². The van der Waals surface area contributed by atoms with E-state index in [2.05, 4.69) is 15.3 Å². The number of hydrogen-bond donors (Lipinski definition) is 1. The van der Waals surface area contributed by atoms with Gasteiger partial charge in [0.1, 0.15) is 16.9 Å². The fourth-order valence-electron chi connectivity index (χ4n) is 2.61. The van der Waals surface area contributed by atoms with Crippen molar-refractivity contribution in [2.45, 2.75) is 13.1 Å². The van der Waals surface area contributed by atoms with Crippen LogP contribution >= 0.6 is 11.6 Å². The molecule has 146 valence electrons. The maximum atomic E-state index is 12.8. The molecule has 2 heterocycles. The first-order valence-corrected chi connectivity index (χ1v) is 8.58. The molecular weight excluding hydrogens is 405 g/mol. The average Bonchev–Trinajstić information content (AvgIpc) is 2.69. The molecule has 0 bridgehead atoms. The molecule has 0 radical (unpaired) electrons. The molecule has 0 spiro atoms. The highest BCUT2D eigenvalue weighted by Gasteiger charge is 2.32. The molecule has 1 amide bonds. The van der Waals surface area contributed by atoms with Gasteiger partial charge in [-0.15, -0.1) is 0 Å². The van der Waals surface area contributed by atoms with E-state index in [9.17, 15) is 18.0 Å². The van der Waals surface area contributed by atoms with Crippen molar-refractivity contribution in [3.63, 3.8) is 0 Å². The van der Waals surface area contributed by atoms with Gasteiger partial charge >= 0.3 is 6.18 Å². The average molecular weight is 417 g/mol. The second-order valence-corrected chi connectivity index (χ2v) is 6.44. The predicted octanol–water partition coefficient (Wildman–Crippen LogP) is 5.25. The lowest BCUT2D eigenvalue weighted by atomic mass is 10.00. The normalized spacial score (nSPS) is 11.0. The van der Waals surface area contributed by atoms with Gasteiger partial charge < -0.3 is 5.32 Å². The number of pyridine rings is 2. The van der Waals surface area contributed by atoms with Crippen LogP contribution in [0.4, 0.5) is 18.9 Å². The Morgan fingerprint density at radius 2 is 1.93 bits per heavy atom. The maximum absolute atomic E-state index is 12.8. The van der Waals surface area contributed by atoms with E-state index in [1.165, 1.54) is 12.3 Å². The number of amides is 1. The lowest BCUT2D eigenvalue weighted by Crippen LogP contribution is -2.15. The molecule has 0 unspecified atom stereocenters. The molecule has 0 saturated carbocycles.